The largest absolute Gasteiger partial charge is 0.381 e. The van der Waals surface area contributed by atoms with Crippen molar-refractivity contribution in [2.45, 2.75) is 38.8 Å². The van der Waals surface area contributed by atoms with Gasteiger partial charge < -0.3 is 15.4 Å². The van der Waals surface area contributed by atoms with Crippen LogP contribution >= 0.6 is 0 Å². The molecule has 0 radical (unpaired) electrons. The van der Waals surface area contributed by atoms with Gasteiger partial charge in [0.05, 0.1) is 23.6 Å². The summed E-state index contributed by atoms with van der Waals surface area (Å²) in [6.45, 7) is 5.40. The summed E-state index contributed by atoms with van der Waals surface area (Å²) < 4.78 is 7.14. The first-order valence-corrected chi connectivity index (χ1v) is 10.9. The number of nitrogens with one attached hydrogen (secondary N) is 2. The van der Waals surface area contributed by atoms with E-state index < -0.39 is 0 Å². The highest BCUT2D eigenvalue weighted by Gasteiger charge is 2.22. The second-order valence-corrected chi connectivity index (χ2v) is 8.24. The van der Waals surface area contributed by atoms with E-state index in [-0.39, 0.29) is 18.0 Å². The molecule has 5 rings (SSSR count). The number of hydrogen-bond acceptors (Lipinski definition) is 6. The number of rotatable bonds is 5. The molecule has 8 heteroatoms. The number of nitrogens with zero attached hydrogens (tertiary/aromatic N) is 4. The van der Waals surface area contributed by atoms with Gasteiger partial charge in [-0.2, -0.15) is 5.10 Å². The number of hydrogen-bond donors (Lipinski definition) is 2. The number of anilines is 1. The van der Waals surface area contributed by atoms with E-state index in [9.17, 15) is 4.79 Å². The van der Waals surface area contributed by atoms with Gasteiger partial charge in [0, 0.05) is 37.0 Å². The first-order chi connectivity index (χ1) is 15.6. The fraction of sp³-hybridized carbons (Fsp3) is 0.333. The van der Waals surface area contributed by atoms with E-state index >= 15 is 0 Å². The van der Waals surface area contributed by atoms with Gasteiger partial charge in [-0.1, -0.05) is 18.2 Å². The Morgan fingerprint density at radius 2 is 2.06 bits per heavy atom. The second-order valence-electron chi connectivity index (χ2n) is 8.24. The van der Waals surface area contributed by atoms with E-state index in [1.165, 1.54) is 0 Å². The van der Waals surface area contributed by atoms with Crippen molar-refractivity contribution in [3.63, 3.8) is 0 Å². The minimum absolute atomic E-state index is 0.113. The first kappa shape index (κ1) is 20.4. The Kier molecular flexibility index (Phi) is 5.45. The minimum atomic E-state index is -0.141. The predicted octanol–water partition coefficient (Wildman–Crippen LogP) is 3.67. The van der Waals surface area contributed by atoms with Crippen molar-refractivity contribution in [1.82, 2.24) is 24.9 Å². The molecule has 4 heterocycles. The molecule has 0 unspecified atom stereocenters. The SMILES string of the molecule is Cc1cccc2cc([C@H](C)Nc3ccnn4ccnc34)nc(C(=O)NC3CCOCC3)c12. The molecule has 0 saturated carbocycles. The lowest BCUT2D eigenvalue weighted by atomic mass is 10.0. The van der Waals surface area contributed by atoms with Gasteiger partial charge in [0.15, 0.2) is 5.65 Å². The normalized spacial score (nSPS) is 15.7. The molecule has 2 N–H and O–H groups in total. The molecule has 0 aliphatic carbocycles. The molecular formula is C24H26N6O2. The van der Waals surface area contributed by atoms with Crippen LogP contribution in [0.4, 0.5) is 5.69 Å². The van der Waals surface area contributed by atoms with E-state index in [0.717, 1.165) is 46.2 Å². The van der Waals surface area contributed by atoms with Crippen LogP contribution in [0.15, 0.2) is 48.9 Å². The molecule has 0 bridgehead atoms. The molecule has 164 valence electrons. The zero-order chi connectivity index (χ0) is 22.1. The van der Waals surface area contributed by atoms with Crippen molar-refractivity contribution in [2.24, 2.45) is 0 Å². The summed E-state index contributed by atoms with van der Waals surface area (Å²) in [7, 11) is 0. The van der Waals surface area contributed by atoms with Crippen LogP contribution in [0.1, 0.15) is 47.6 Å². The molecular weight excluding hydrogens is 404 g/mol. The van der Waals surface area contributed by atoms with Crippen molar-refractivity contribution >= 4 is 28.0 Å². The van der Waals surface area contributed by atoms with Crippen molar-refractivity contribution in [1.29, 1.82) is 0 Å². The Hall–Kier alpha value is -3.52. The lowest BCUT2D eigenvalue weighted by Gasteiger charge is -2.24. The number of pyridine rings is 1. The summed E-state index contributed by atoms with van der Waals surface area (Å²) in [6.07, 6.45) is 6.90. The predicted molar refractivity (Wildman–Crippen MR) is 123 cm³/mol. The average Bonchev–Trinajstić information content (AvgIpc) is 3.29. The standard InChI is InChI=1S/C24H26N6O2/c1-15-4-3-5-17-14-20(16(2)27-19-6-9-26-30-11-10-25-23(19)30)29-22(21(15)17)24(31)28-18-7-12-32-13-8-18/h3-6,9-11,14,16,18,27H,7-8,12-13H2,1-2H3,(H,28,31)/t16-/m0/s1. The number of aryl methyl sites for hydroxylation is 1. The van der Waals surface area contributed by atoms with Gasteiger partial charge in [-0.05, 0) is 49.8 Å². The third-order valence-corrected chi connectivity index (χ3v) is 5.97. The average molecular weight is 431 g/mol. The van der Waals surface area contributed by atoms with Crippen LogP contribution in [-0.4, -0.2) is 44.7 Å². The fourth-order valence-electron chi connectivity index (χ4n) is 4.25. The molecule has 1 amide bonds. The summed E-state index contributed by atoms with van der Waals surface area (Å²) in [5, 5.41) is 12.8. The second kappa shape index (κ2) is 8.55. The van der Waals surface area contributed by atoms with Gasteiger partial charge in [0.25, 0.3) is 5.91 Å². The molecule has 1 aromatic carbocycles. The molecule has 1 aliphatic heterocycles. The minimum Gasteiger partial charge on any atom is -0.381 e. The maximum Gasteiger partial charge on any atom is 0.270 e. The molecule has 1 atom stereocenters. The summed E-state index contributed by atoms with van der Waals surface area (Å²) in [5.74, 6) is -0.134. The van der Waals surface area contributed by atoms with E-state index in [2.05, 4.69) is 26.8 Å². The van der Waals surface area contributed by atoms with Gasteiger partial charge in [-0.15, -0.1) is 0 Å². The lowest BCUT2D eigenvalue weighted by Crippen LogP contribution is -2.39. The van der Waals surface area contributed by atoms with Crippen LogP contribution in [0.5, 0.6) is 0 Å². The lowest BCUT2D eigenvalue weighted by molar-refractivity contribution is 0.0695. The first-order valence-electron chi connectivity index (χ1n) is 10.9. The van der Waals surface area contributed by atoms with E-state index in [0.29, 0.717) is 18.9 Å². The number of amides is 1. The molecule has 4 aromatic rings. The molecule has 1 aliphatic rings. The highest BCUT2D eigenvalue weighted by atomic mass is 16.5. The van der Waals surface area contributed by atoms with E-state index in [4.69, 9.17) is 9.72 Å². The van der Waals surface area contributed by atoms with Crippen LogP contribution in [0.2, 0.25) is 0 Å². The van der Waals surface area contributed by atoms with Gasteiger partial charge >= 0.3 is 0 Å². The topological polar surface area (TPSA) is 93.4 Å². The smallest absolute Gasteiger partial charge is 0.270 e. The number of carbonyl (C=O) groups excluding carboxylic acids is 1. The number of benzene rings is 1. The molecule has 3 aromatic heterocycles. The van der Waals surface area contributed by atoms with Crippen molar-refractivity contribution in [3.8, 4) is 0 Å². The maximum absolute atomic E-state index is 13.3. The Labute approximate surface area is 186 Å². The summed E-state index contributed by atoms with van der Waals surface area (Å²) in [5.41, 5.74) is 3.90. The number of imidazole rings is 1. The van der Waals surface area contributed by atoms with Crippen LogP contribution < -0.4 is 10.6 Å². The van der Waals surface area contributed by atoms with Crippen LogP contribution in [0.25, 0.3) is 16.4 Å². The van der Waals surface area contributed by atoms with E-state index in [1.807, 2.05) is 38.1 Å². The molecule has 1 saturated heterocycles. The van der Waals surface area contributed by atoms with Gasteiger partial charge in [-0.25, -0.2) is 14.5 Å². The zero-order valence-corrected chi connectivity index (χ0v) is 18.2. The Balaban J connectivity index is 1.50. The summed E-state index contributed by atoms with van der Waals surface area (Å²) >= 11 is 0. The third kappa shape index (κ3) is 3.89. The van der Waals surface area contributed by atoms with Crippen LogP contribution in [-0.2, 0) is 4.74 Å². The highest BCUT2D eigenvalue weighted by molar-refractivity contribution is 6.06. The maximum atomic E-state index is 13.3. The molecule has 32 heavy (non-hydrogen) atoms. The Morgan fingerprint density at radius 1 is 1.22 bits per heavy atom. The van der Waals surface area contributed by atoms with Gasteiger partial charge in [-0.3, -0.25) is 4.79 Å². The van der Waals surface area contributed by atoms with Gasteiger partial charge in [0.1, 0.15) is 5.69 Å². The van der Waals surface area contributed by atoms with Crippen molar-refractivity contribution in [2.75, 3.05) is 18.5 Å². The van der Waals surface area contributed by atoms with Crippen molar-refractivity contribution in [3.05, 3.63) is 65.9 Å². The number of carbonyl (C=O) groups is 1. The molecule has 8 nitrogen and oxygen atoms in total. The summed E-state index contributed by atoms with van der Waals surface area (Å²) in [6, 6.07) is 9.97. The van der Waals surface area contributed by atoms with Gasteiger partial charge in [0.2, 0.25) is 0 Å². The molecule has 0 spiro atoms. The fourth-order valence-corrected chi connectivity index (χ4v) is 4.25. The van der Waals surface area contributed by atoms with Crippen LogP contribution in [0.3, 0.4) is 0 Å². The summed E-state index contributed by atoms with van der Waals surface area (Å²) in [4.78, 5) is 22.5. The Bertz CT molecular complexity index is 1280. The van der Waals surface area contributed by atoms with Crippen LogP contribution in [0, 0.1) is 6.92 Å². The highest BCUT2D eigenvalue weighted by Crippen LogP contribution is 2.27. The third-order valence-electron chi connectivity index (χ3n) is 5.97. The monoisotopic (exact) mass is 430 g/mol. The van der Waals surface area contributed by atoms with E-state index in [1.54, 1.807) is 23.1 Å². The Morgan fingerprint density at radius 3 is 2.91 bits per heavy atom. The quantitative estimate of drug-likeness (QED) is 0.502. The number of aromatic nitrogens is 4. The number of fused-ring (bicyclic) bond motifs is 2. The zero-order valence-electron chi connectivity index (χ0n) is 18.2. The number of ether oxygens (including phenoxy) is 1. The van der Waals surface area contributed by atoms with Crippen molar-refractivity contribution < 1.29 is 9.53 Å². The molecule has 1 fully saturated rings.